The lowest BCUT2D eigenvalue weighted by atomic mass is 10.2. The highest BCUT2D eigenvalue weighted by molar-refractivity contribution is 6.68. The molecule has 5 heteroatoms. The number of pyridine rings is 1. The number of rotatable bonds is 4. The quantitative estimate of drug-likeness (QED) is 0.679. The van der Waals surface area contributed by atoms with Crippen LogP contribution in [0.25, 0.3) is 5.70 Å². The van der Waals surface area contributed by atoms with Gasteiger partial charge in [-0.3, -0.25) is 10.4 Å². The lowest BCUT2D eigenvalue weighted by Gasteiger charge is -2.09. The minimum atomic E-state index is -0.0874. The number of nitrogens with one attached hydrogen (secondary N) is 2. The van der Waals surface area contributed by atoms with E-state index in [1.165, 1.54) is 6.08 Å². The molecular weight excluding hydrogens is 212 g/mol. The maximum atomic E-state index is 7.18. The SMILES string of the molecule is C=C(N)NC(=CC(=N)Cl)c1ccncc1. The smallest absolute Gasteiger partial charge is 0.122 e. The summed E-state index contributed by atoms with van der Waals surface area (Å²) in [7, 11) is 0. The van der Waals surface area contributed by atoms with Gasteiger partial charge < -0.3 is 11.1 Å². The molecule has 0 unspecified atom stereocenters. The number of allylic oxidation sites excluding steroid dienone is 1. The fraction of sp³-hybridized carbons (Fsp3) is 0. The Morgan fingerprint density at radius 1 is 1.53 bits per heavy atom. The zero-order chi connectivity index (χ0) is 11.3. The van der Waals surface area contributed by atoms with Crippen LogP contribution in [0.3, 0.4) is 0 Å². The molecule has 15 heavy (non-hydrogen) atoms. The van der Waals surface area contributed by atoms with Crippen molar-refractivity contribution in [1.82, 2.24) is 10.3 Å². The second-order valence-corrected chi connectivity index (χ2v) is 3.20. The topological polar surface area (TPSA) is 74.8 Å². The molecule has 1 aromatic rings. The summed E-state index contributed by atoms with van der Waals surface area (Å²) in [5.41, 5.74) is 6.88. The Morgan fingerprint density at radius 3 is 2.60 bits per heavy atom. The Bertz CT molecular complexity index is 397. The van der Waals surface area contributed by atoms with E-state index in [1.807, 2.05) is 0 Å². The minimum Gasteiger partial charge on any atom is -0.386 e. The van der Waals surface area contributed by atoms with Crippen LogP contribution in [0.5, 0.6) is 0 Å². The van der Waals surface area contributed by atoms with Gasteiger partial charge in [-0.25, -0.2) is 0 Å². The number of nitrogens with two attached hydrogens (primary N) is 1. The van der Waals surface area contributed by atoms with Crippen molar-refractivity contribution in [2.24, 2.45) is 5.73 Å². The van der Waals surface area contributed by atoms with E-state index in [0.717, 1.165) is 5.56 Å². The second-order valence-electron chi connectivity index (χ2n) is 2.79. The first kappa shape index (κ1) is 11.3. The number of nitrogens with zero attached hydrogens (tertiary/aromatic N) is 1. The first-order valence-corrected chi connectivity index (χ1v) is 4.55. The van der Waals surface area contributed by atoms with E-state index in [2.05, 4.69) is 16.9 Å². The third kappa shape index (κ3) is 3.83. The molecular formula is C10H11ClN4. The van der Waals surface area contributed by atoms with Crippen LogP contribution in [-0.2, 0) is 0 Å². The monoisotopic (exact) mass is 222 g/mol. The summed E-state index contributed by atoms with van der Waals surface area (Å²) in [6, 6.07) is 3.56. The van der Waals surface area contributed by atoms with Crippen molar-refractivity contribution in [3.05, 3.63) is 48.6 Å². The molecule has 0 fully saturated rings. The molecule has 0 aliphatic heterocycles. The van der Waals surface area contributed by atoms with Gasteiger partial charge in [0.15, 0.2) is 0 Å². The molecule has 0 saturated carbocycles. The van der Waals surface area contributed by atoms with Crippen molar-refractivity contribution in [1.29, 1.82) is 5.41 Å². The number of hydrogen-bond donors (Lipinski definition) is 3. The van der Waals surface area contributed by atoms with E-state index >= 15 is 0 Å². The summed E-state index contributed by atoms with van der Waals surface area (Å²) in [5.74, 6) is 0.288. The maximum Gasteiger partial charge on any atom is 0.122 e. The van der Waals surface area contributed by atoms with Crippen LogP contribution in [0.1, 0.15) is 5.56 Å². The standard InChI is InChI=1S/C10H11ClN4/c1-7(12)15-9(6-10(11)13)8-2-4-14-5-3-8/h2-6,13,15H,1,12H2. The highest BCUT2D eigenvalue weighted by Crippen LogP contribution is 2.11. The van der Waals surface area contributed by atoms with E-state index in [0.29, 0.717) is 5.70 Å². The van der Waals surface area contributed by atoms with Crippen LogP contribution in [-0.4, -0.2) is 10.2 Å². The molecule has 1 rings (SSSR count). The first-order valence-electron chi connectivity index (χ1n) is 4.17. The van der Waals surface area contributed by atoms with Crippen molar-refractivity contribution >= 4 is 22.5 Å². The van der Waals surface area contributed by atoms with Crippen molar-refractivity contribution in [3.63, 3.8) is 0 Å². The molecule has 0 aliphatic carbocycles. The number of aromatic nitrogens is 1. The predicted octanol–water partition coefficient (Wildman–Crippen LogP) is 1.66. The van der Waals surface area contributed by atoms with E-state index in [-0.39, 0.29) is 11.0 Å². The molecule has 4 N–H and O–H groups in total. The van der Waals surface area contributed by atoms with Gasteiger partial charge in [0, 0.05) is 23.7 Å². The Morgan fingerprint density at radius 2 is 2.13 bits per heavy atom. The average molecular weight is 223 g/mol. The van der Waals surface area contributed by atoms with Crippen LogP contribution in [0, 0.1) is 5.41 Å². The van der Waals surface area contributed by atoms with E-state index in [1.54, 1.807) is 24.5 Å². The molecule has 0 aromatic carbocycles. The second kappa shape index (κ2) is 5.17. The highest BCUT2D eigenvalue weighted by Gasteiger charge is 2.01. The van der Waals surface area contributed by atoms with Crippen LogP contribution >= 0.6 is 11.6 Å². The molecule has 1 heterocycles. The molecule has 0 saturated heterocycles. The molecule has 0 radical (unpaired) electrons. The van der Waals surface area contributed by atoms with Crippen molar-refractivity contribution in [2.75, 3.05) is 0 Å². The Kier molecular flexibility index (Phi) is 3.88. The largest absolute Gasteiger partial charge is 0.386 e. The average Bonchev–Trinajstić information content (AvgIpc) is 2.17. The summed E-state index contributed by atoms with van der Waals surface area (Å²) < 4.78 is 0. The van der Waals surface area contributed by atoms with Crippen LogP contribution in [0.15, 0.2) is 43.0 Å². The van der Waals surface area contributed by atoms with Gasteiger partial charge in [-0.15, -0.1) is 0 Å². The van der Waals surface area contributed by atoms with Gasteiger partial charge in [0.25, 0.3) is 0 Å². The third-order valence-electron chi connectivity index (χ3n) is 1.56. The van der Waals surface area contributed by atoms with Gasteiger partial charge in [0.1, 0.15) is 5.17 Å². The Balaban J connectivity index is 3.02. The van der Waals surface area contributed by atoms with Gasteiger partial charge in [-0.1, -0.05) is 18.2 Å². The molecule has 0 spiro atoms. The molecule has 0 aliphatic rings. The summed E-state index contributed by atoms with van der Waals surface area (Å²) in [4.78, 5) is 3.89. The highest BCUT2D eigenvalue weighted by atomic mass is 35.5. The minimum absolute atomic E-state index is 0.0874. The molecule has 78 valence electrons. The van der Waals surface area contributed by atoms with Gasteiger partial charge >= 0.3 is 0 Å². The zero-order valence-electron chi connectivity index (χ0n) is 8.00. The van der Waals surface area contributed by atoms with Crippen LogP contribution in [0.2, 0.25) is 0 Å². The third-order valence-corrected chi connectivity index (χ3v) is 1.67. The molecule has 0 amide bonds. The predicted molar refractivity (Wildman–Crippen MR) is 62.3 cm³/mol. The van der Waals surface area contributed by atoms with Crippen LogP contribution in [0.4, 0.5) is 0 Å². The molecule has 1 aromatic heterocycles. The number of halogens is 1. The van der Waals surface area contributed by atoms with Gasteiger partial charge in [0.2, 0.25) is 0 Å². The summed E-state index contributed by atoms with van der Waals surface area (Å²) in [6.45, 7) is 3.52. The zero-order valence-corrected chi connectivity index (χ0v) is 8.75. The lowest BCUT2D eigenvalue weighted by Crippen LogP contribution is -2.17. The molecule has 0 bridgehead atoms. The summed E-state index contributed by atoms with van der Waals surface area (Å²) in [5, 5.41) is 9.91. The fourth-order valence-corrected chi connectivity index (χ4v) is 1.13. The van der Waals surface area contributed by atoms with E-state index in [4.69, 9.17) is 22.7 Å². The first-order chi connectivity index (χ1) is 7.09. The van der Waals surface area contributed by atoms with Crippen molar-refractivity contribution in [3.8, 4) is 0 Å². The van der Waals surface area contributed by atoms with E-state index in [9.17, 15) is 0 Å². The summed E-state index contributed by atoms with van der Waals surface area (Å²) >= 11 is 5.49. The summed E-state index contributed by atoms with van der Waals surface area (Å²) in [6.07, 6.45) is 4.74. The van der Waals surface area contributed by atoms with Crippen molar-refractivity contribution in [2.45, 2.75) is 0 Å². The van der Waals surface area contributed by atoms with Gasteiger partial charge in [-0.05, 0) is 18.2 Å². The lowest BCUT2D eigenvalue weighted by molar-refractivity contribution is 1.06. The van der Waals surface area contributed by atoms with E-state index < -0.39 is 0 Å². The Hall–Kier alpha value is -1.81. The maximum absolute atomic E-state index is 7.18. The van der Waals surface area contributed by atoms with Crippen LogP contribution < -0.4 is 11.1 Å². The van der Waals surface area contributed by atoms with Gasteiger partial charge in [-0.2, -0.15) is 0 Å². The number of hydrogen-bond acceptors (Lipinski definition) is 4. The Labute approximate surface area is 93.0 Å². The van der Waals surface area contributed by atoms with Crippen molar-refractivity contribution < 1.29 is 0 Å². The normalized spacial score (nSPS) is 10.9. The van der Waals surface area contributed by atoms with Gasteiger partial charge in [0.05, 0.1) is 5.82 Å². The fourth-order valence-electron chi connectivity index (χ4n) is 1.02. The molecule has 4 nitrogen and oxygen atoms in total. The molecule has 0 atom stereocenters.